The summed E-state index contributed by atoms with van der Waals surface area (Å²) >= 11 is 5.85. The lowest BCUT2D eigenvalue weighted by molar-refractivity contribution is -0.141. The van der Waals surface area contributed by atoms with Crippen molar-refractivity contribution in [2.24, 2.45) is 11.8 Å². The quantitative estimate of drug-likeness (QED) is 0.642. The monoisotopic (exact) mass is 410 g/mol. The van der Waals surface area contributed by atoms with Gasteiger partial charge < -0.3 is 5.32 Å². The van der Waals surface area contributed by atoms with E-state index in [4.69, 9.17) is 11.6 Å². The van der Waals surface area contributed by atoms with Gasteiger partial charge in [0.1, 0.15) is 5.69 Å². The van der Waals surface area contributed by atoms with E-state index in [0.717, 1.165) is 31.7 Å². The fourth-order valence-corrected chi connectivity index (χ4v) is 3.94. The van der Waals surface area contributed by atoms with Crippen LogP contribution in [0.15, 0.2) is 42.6 Å². The lowest BCUT2D eigenvalue weighted by atomic mass is 9.74. The van der Waals surface area contributed by atoms with Gasteiger partial charge in [-0.2, -0.15) is 13.2 Å². The van der Waals surface area contributed by atoms with Gasteiger partial charge in [0.2, 0.25) is 5.91 Å². The summed E-state index contributed by atoms with van der Waals surface area (Å²) < 4.78 is 38.6. The first-order valence-electron chi connectivity index (χ1n) is 9.33. The van der Waals surface area contributed by atoms with E-state index in [1.807, 2.05) is 6.92 Å². The number of benzene rings is 1. The number of aromatic nitrogens is 1. The molecule has 1 saturated carbocycles. The predicted octanol–water partition coefficient (Wildman–Crippen LogP) is 6.30. The van der Waals surface area contributed by atoms with E-state index < -0.39 is 11.9 Å². The van der Waals surface area contributed by atoms with E-state index in [2.05, 4.69) is 10.3 Å². The molecular weight excluding hydrogens is 389 g/mol. The van der Waals surface area contributed by atoms with Crippen LogP contribution in [0.3, 0.4) is 0 Å². The second kappa shape index (κ2) is 8.52. The lowest BCUT2D eigenvalue weighted by Gasteiger charge is -2.32. The molecule has 1 aliphatic rings. The van der Waals surface area contributed by atoms with Crippen molar-refractivity contribution in [3.05, 3.63) is 58.9 Å². The minimum absolute atomic E-state index is 0.0472. The Hall–Kier alpha value is -2.08. The third kappa shape index (κ3) is 5.04. The van der Waals surface area contributed by atoms with E-state index >= 15 is 0 Å². The number of nitrogens with zero attached hydrogens (tertiary/aromatic N) is 1. The first-order chi connectivity index (χ1) is 13.2. The molecule has 1 heterocycles. The third-order valence-corrected chi connectivity index (χ3v) is 5.80. The molecule has 1 atom stereocenters. The Balaban J connectivity index is 1.57. The molecule has 1 unspecified atom stereocenters. The van der Waals surface area contributed by atoms with Crippen molar-refractivity contribution in [1.29, 1.82) is 0 Å². The van der Waals surface area contributed by atoms with Gasteiger partial charge in [-0.15, -0.1) is 0 Å². The van der Waals surface area contributed by atoms with E-state index in [9.17, 15) is 18.0 Å². The Morgan fingerprint density at radius 3 is 2.39 bits per heavy atom. The zero-order valence-electron chi connectivity index (χ0n) is 15.5. The van der Waals surface area contributed by atoms with E-state index in [1.54, 1.807) is 30.3 Å². The second-order valence-electron chi connectivity index (χ2n) is 7.37. The standard InChI is InChI=1S/C21H22ClF3N2O/c1-13(20(28)27-18-8-6-17(22)7-9-18)14-2-4-15(5-3-14)16-10-11-26-19(12-16)21(23,24)25/h6-15H,2-5H2,1H3,(H,27,28). The molecule has 1 N–H and O–H groups in total. The minimum Gasteiger partial charge on any atom is -0.326 e. The van der Waals surface area contributed by atoms with Gasteiger partial charge in [0.05, 0.1) is 0 Å². The summed E-state index contributed by atoms with van der Waals surface area (Å²) in [6.45, 7) is 1.91. The smallest absolute Gasteiger partial charge is 0.326 e. The van der Waals surface area contributed by atoms with E-state index in [-0.39, 0.29) is 23.7 Å². The minimum atomic E-state index is -4.43. The highest BCUT2D eigenvalue weighted by atomic mass is 35.5. The molecule has 3 rings (SSSR count). The molecule has 2 aromatic rings. The van der Waals surface area contributed by atoms with Gasteiger partial charge in [-0.25, -0.2) is 0 Å². The first-order valence-corrected chi connectivity index (χ1v) is 9.71. The molecule has 150 valence electrons. The zero-order valence-corrected chi connectivity index (χ0v) is 16.2. The van der Waals surface area contributed by atoms with Crippen LogP contribution in [0.2, 0.25) is 5.02 Å². The number of carbonyl (C=O) groups excluding carboxylic acids is 1. The van der Waals surface area contributed by atoms with Gasteiger partial charge in [0, 0.05) is 22.8 Å². The van der Waals surface area contributed by atoms with Crippen LogP contribution in [0.4, 0.5) is 18.9 Å². The summed E-state index contributed by atoms with van der Waals surface area (Å²) in [6.07, 6.45) is -0.0455. The van der Waals surface area contributed by atoms with Crippen molar-refractivity contribution in [2.45, 2.75) is 44.7 Å². The maximum Gasteiger partial charge on any atom is 0.433 e. The molecule has 28 heavy (non-hydrogen) atoms. The van der Waals surface area contributed by atoms with Crippen molar-refractivity contribution < 1.29 is 18.0 Å². The SMILES string of the molecule is CC(C(=O)Nc1ccc(Cl)cc1)C1CCC(c2ccnc(C(F)(F)F)c2)CC1. The maximum atomic E-state index is 12.9. The molecule has 1 aliphatic carbocycles. The van der Waals surface area contributed by atoms with Crippen molar-refractivity contribution in [2.75, 3.05) is 5.32 Å². The van der Waals surface area contributed by atoms with Crippen LogP contribution >= 0.6 is 11.6 Å². The highest BCUT2D eigenvalue weighted by molar-refractivity contribution is 6.30. The Morgan fingerprint density at radius 2 is 1.79 bits per heavy atom. The molecular formula is C21H22ClF3N2O. The van der Waals surface area contributed by atoms with Crippen LogP contribution in [-0.2, 0) is 11.0 Å². The fraction of sp³-hybridized carbons (Fsp3) is 0.429. The predicted molar refractivity (Wildman–Crippen MR) is 103 cm³/mol. The number of rotatable bonds is 4. The van der Waals surface area contributed by atoms with Gasteiger partial charge >= 0.3 is 6.18 Å². The Bertz CT molecular complexity index is 815. The Labute approximate surface area is 167 Å². The largest absolute Gasteiger partial charge is 0.433 e. The van der Waals surface area contributed by atoms with Crippen LogP contribution in [0, 0.1) is 11.8 Å². The number of nitrogens with one attached hydrogen (secondary N) is 1. The van der Waals surface area contributed by atoms with Gasteiger partial charge in [0.25, 0.3) is 0 Å². The highest BCUT2D eigenvalue weighted by Gasteiger charge is 2.34. The van der Waals surface area contributed by atoms with Gasteiger partial charge in [-0.3, -0.25) is 9.78 Å². The summed E-state index contributed by atoms with van der Waals surface area (Å²) in [5.41, 5.74) is 0.535. The highest BCUT2D eigenvalue weighted by Crippen LogP contribution is 2.40. The maximum absolute atomic E-state index is 12.9. The topological polar surface area (TPSA) is 42.0 Å². The number of hydrogen-bond donors (Lipinski definition) is 1. The average molecular weight is 411 g/mol. The molecule has 1 amide bonds. The van der Waals surface area contributed by atoms with Crippen molar-refractivity contribution in [3.8, 4) is 0 Å². The van der Waals surface area contributed by atoms with Crippen molar-refractivity contribution in [1.82, 2.24) is 4.98 Å². The summed E-state index contributed by atoms with van der Waals surface area (Å²) in [5, 5.41) is 3.51. The lowest BCUT2D eigenvalue weighted by Crippen LogP contribution is -2.29. The van der Waals surface area contributed by atoms with Crippen LogP contribution < -0.4 is 5.32 Å². The number of carbonyl (C=O) groups is 1. The third-order valence-electron chi connectivity index (χ3n) is 5.55. The Morgan fingerprint density at radius 1 is 1.14 bits per heavy atom. The number of amides is 1. The zero-order chi connectivity index (χ0) is 20.3. The molecule has 1 aromatic carbocycles. The molecule has 0 saturated heterocycles. The van der Waals surface area contributed by atoms with Gasteiger partial charge in [-0.1, -0.05) is 18.5 Å². The first kappa shape index (κ1) is 20.6. The molecule has 0 aliphatic heterocycles. The summed E-state index contributed by atoms with van der Waals surface area (Å²) in [5.74, 6) is 0.0770. The molecule has 1 aromatic heterocycles. The molecule has 0 bridgehead atoms. The molecule has 7 heteroatoms. The van der Waals surface area contributed by atoms with E-state index in [1.165, 1.54) is 6.20 Å². The average Bonchev–Trinajstić information content (AvgIpc) is 2.69. The number of alkyl halides is 3. The summed E-state index contributed by atoms with van der Waals surface area (Å²) in [7, 11) is 0. The van der Waals surface area contributed by atoms with Crippen LogP contribution in [0.5, 0.6) is 0 Å². The van der Waals surface area contributed by atoms with Crippen molar-refractivity contribution in [3.63, 3.8) is 0 Å². The number of anilines is 1. The van der Waals surface area contributed by atoms with Crippen LogP contribution in [-0.4, -0.2) is 10.9 Å². The Kier molecular flexibility index (Phi) is 6.28. The van der Waals surface area contributed by atoms with Gasteiger partial charge in [-0.05, 0) is 79.5 Å². The normalized spacial score (nSPS) is 21.2. The molecule has 0 radical (unpaired) electrons. The summed E-state index contributed by atoms with van der Waals surface area (Å²) in [6, 6.07) is 9.77. The fourth-order valence-electron chi connectivity index (χ4n) is 3.81. The number of hydrogen-bond acceptors (Lipinski definition) is 2. The summed E-state index contributed by atoms with van der Waals surface area (Å²) in [4.78, 5) is 16.0. The van der Waals surface area contributed by atoms with Crippen LogP contribution in [0.25, 0.3) is 0 Å². The second-order valence-corrected chi connectivity index (χ2v) is 7.81. The van der Waals surface area contributed by atoms with E-state index in [0.29, 0.717) is 16.3 Å². The molecule has 0 spiro atoms. The molecule has 1 fully saturated rings. The van der Waals surface area contributed by atoms with Crippen LogP contribution in [0.1, 0.15) is 49.8 Å². The number of pyridine rings is 1. The van der Waals surface area contributed by atoms with Crippen molar-refractivity contribution >= 4 is 23.2 Å². The van der Waals surface area contributed by atoms with Gasteiger partial charge in [0.15, 0.2) is 0 Å². The number of halogens is 4. The molecule has 3 nitrogen and oxygen atoms in total.